The number of fused-ring (bicyclic) bond motifs is 2. The van der Waals surface area contributed by atoms with Crippen LogP contribution in [0.1, 0.15) is 33.0 Å². The van der Waals surface area contributed by atoms with Crippen LogP contribution in [0.4, 0.5) is 0 Å². The van der Waals surface area contributed by atoms with Gasteiger partial charge in [0, 0.05) is 35.3 Å². The summed E-state index contributed by atoms with van der Waals surface area (Å²) in [5.74, 6) is -2.18. The molecular formula is C34H32N2O9. The normalized spacial score (nSPS) is 21.4. The number of carbonyl (C=O) groups is 3. The number of aromatic nitrogens is 2. The molecule has 11 heteroatoms. The van der Waals surface area contributed by atoms with Crippen molar-refractivity contribution in [1.29, 1.82) is 0 Å². The van der Waals surface area contributed by atoms with E-state index in [1.165, 1.54) is 7.11 Å². The molecule has 5 atom stereocenters. The van der Waals surface area contributed by atoms with Gasteiger partial charge >= 0.3 is 17.9 Å². The first-order valence-corrected chi connectivity index (χ1v) is 14.5. The lowest BCUT2D eigenvalue weighted by Gasteiger charge is -2.43. The molecule has 0 bridgehead atoms. The van der Waals surface area contributed by atoms with Crippen molar-refractivity contribution in [3.8, 4) is 0 Å². The SMILES string of the molecule is CO[C@H]1O[C@H](CO)[C@@H](OC(=O)CCc2ccccc2)[C@H](OC(=O)c2cc3ccccc3[nH]2)[C@@H]1OC(=O)c1cc2ccccc2[nH]1. The van der Waals surface area contributed by atoms with E-state index in [0.29, 0.717) is 11.9 Å². The molecule has 1 aliphatic rings. The Kier molecular flexibility index (Phi) is 8.92. The Bertz CT molecular complexity index is 1730. The average molecular weight is 613 g/mol. The number of rotatable bonds is 10. The highest BCUT2D eigenvalue weighted by molar-refractivity contribution is 5.96. The topological polar surface area (TPSA) is 149 Å². The molecule has 3 heterocycles. The van der Waals surface area contributed by atoms with Crippen LogP contribution in [0, 0.1) is 0 Å². The minimum atomic E-state index is -1.41. The summed E-state index contributed by atoms with van der Waals surface area (Å²) >= 11 is 0. The molecule has 11 nitrogen and oxygen atoms in total. The number of methoxy groups -OCH3 is 1. The second kappa shape index (κ2) is 13.3. The third kappa shape index (κ3) is 6.60. The Morgan fingerprint density at radius 2 is 1.29 bits per heavy atom. The van der Waals surface area contributed by atoms with Gasteiger partial charge in [0.1, 0.15) is 17.5 Å². The van der Waals surface area contributed by atoms with Gasteiger partial charge in [-0.2, -0.15) is 0 Å². The Morgan fingerprint density at radius 3 is 1.84 bits per heavy atom. The zero-order valence-corrected chi connectivity index (χ0v) is 24.4. The van der Waals surface area contributed by atoms with Gasteiger partial charge in [-0.3, -0.25) is 4.79 Å². The molecule has 0 spiro atoms. The van der Waals surface area contributed by atoms with Gasteiger partial charge in [0.25, 0.3) is 0 Å². The lowest BCUT2D eigenvalue weighted by atomic mass is 9.98. The number of ether oxygens (including phenoxy) is 5. The van der Waals surface area contributed by atoms with Crippen molar-refractivity contribution in [2.45, 2.75) is 43.5 Å². The molecule has 2 aromatic heterocycles. The number of nitrogens with one attached hydrogen (secondary N) is 2. The van der Waals surface area contributed by atoms with Crippen molar-refractivity contribution in [1.82, 2.24) is 9.97 Å². The Morgan fingerprint density at radius 1 is 0.733 bits per heavy atom. The second-order valence-electron chi connectivity index (χ2n) is 10.7. The Hall–Kier alpha value is -4.97. The van der Waals surface area contributed by atoms with Crippen LogP contribution in [-0.2, 0) is 34.9 Å². The number of aliphatic hydroxyl groups is 1. The van der Waals surface area contributed by atoms with Crippen molar-refractivity contribution >= 4 is 39.7 Å². The number of benzene rings is 3. The number of aromatic amines is 2. The van der Waals surface area contributed by atoms with Gasteiger partial charge < -0.3 is 38.8 Å². The van der Waals surface area contributed by atoms with Gasteiger partial charge in [-0.1, -0.05) is 66.7 Å². The van der Waals surface area contributed by atoms with E-state index in [4.69, 9.17) is 23.7 Å². The monoisotopic (exact) mass is 612 g/mol. The molecule has 1 aliphatic heterocycles. The van der Waals surface area contributed by atoms with Gasteiger partial charge in [-0.15, -0.1) is 0 Å². The predicted molar refractivity (Wildman–Crippen MR) is 162 cm³/mol. The van der Waals surface area contributed by atoms with Crippen LogP contribution >= 0.6 is 0 Å². The summed E-state index contributed by atoms with van der Waals surface area (Å²) in [7, 11) is 1.33. The van der Waals surface area contributed by atoms with Crippen LogP contribution in [0.5, 0.6) is 0 Å². The standard InChI is InChI=1S/C34H32N2O9/c1-41-34-31(45-33(40)26-18-22-12-6-8-14-24(22)36-26)30(44-32(39)25-17-21-11-5-7-13-23(21)35-25)29(27(19-37)42-34)43-28(38)16-15-20-9-3-2-4-10-20/h2-14,17-18,27,29-31,34-37H,15-16,19H2,1H3/t27-,29-,30+,31+,34+/m1/s1. The molecule has 232 valence electrons. The summed E-state index contributed by atoms with van der Waals surface area (Å²) in [6, 6.07) is 27.3. The highest BCUT2D eigenvalue weighted by Crippen LogP contribution is 2.31. The molecular weight excluding hydrogens is 580 g/mol. The zero-order chi connectivity index (χ0) is 31.3. The first kappa shape index (κ1) is 30.1. The molecule has 45 heavy (non-hydrogen) atoms. The predicted octanol–water partition coefficient (Wildman–Crippen LogP) is 4.31. The number of hydrogen-bond acceptors (Lipinski definition) is 9. The van der Waals surface area contributed by atoms with Gasteiger partial charge in [-0.05, 0) is 36.2 Å². The van der Waals surface area contributed by atoms with E-state index in [9.17, 15) is 19.5 Å². The molecule has 1 fully saturated rings. The number of aliphatic hydroxyl groups excluding tert-OH is 1. The van der Waals surface area contributed by atoms with Crippen molar-refractivity contribution in [3.05, 3.63) is 108 Å². The first-order chi connectivity index (χ1) is 21.9. The van der Waals surface area contributed by atoms with Crippen LogP contribution < -0.4 is 0 Å². The quantitative estimate of drug-likeness (QED) is 0.155. The lowest BCUT2D eigenvalue weighted by molar-refractivity contribution is -0.295. The fraction of sp³-hybridized carbons (Fsp3) is 0.265. The number of carbonyl (C=O) groups excluding carboxylic acids is 3. The molecule has 5 aromatic rings. The fourth-order valence-corrected chi connectivity index (χ4v) is 5.46. The number of H-pyrrole nitrogens is 2. The van der Waals surface area contributed by atoms with Gasteiger partial charge in [0.2, 0.25) is 0 Å². The number of hydrogen-bond donors (Lipinski definition) is 3. The maximum absolute atomic E-state index is 13.5. The third-order valence-electron chi connectivity index (χ3n) is 7.72. The molecule has 0 saturated carbocycles. The Balaban J connectivity index is 1.30. The van der Waals surface area contributed by atoms with E-state index in [0.717, 1.165) is 21.9 Å². The molecule has 1 saturated heterocycles. The molecule has 3 N–H and O–H groups in total. The molecule has 0 aliphatic carbocycles. The largest absolute Gasteiger partial charge is 0.455 e. The van der Waals surface area contributed by atoms with Crippen LogP contribution in [0.15, 0.2) is 91.0 Å². The molecule has 3 aromatic carbocycles. The molecule has 0 unspecified atom stereocenters. The molecule has 0 amide bonds. The van der Waals surface area contributed by atoms with Crippen LogP contribution in [-0.4, -0.2) is 77.4 Å². The highest BCUT2D eigenvalue weighted by Gasteiger charge is 2.52. The van der Waals surface area contributed by atoms with Crippen LogP contribution in [0.2, 0.25) is 0 Å². The smallest absolute Gasteiger partial charge is 0.355 e. The fourth-order valence-electron chi connectivity index (χ4n) is 5.46. The summed E-state index contributed by atoms with van der Waals surface area (Å²) in [5.41, 5.74) is 2.64. The van der Waals surface area contributed by atoms with E-state index in [-0.39, 0.29) is 17.8 Å². The summed E-state index contributed by atoms with van der Waals surface area (Å²) in [6.45, 7) is -0.598. The second-order valence-corrected chi connectivity index (χ2v) is 10.7. The van der Waals surface area contributed by atoms with E-state index in [1.807, 2.05) is 78.9 Å². The van der Waals surface area contributed by atoms with E-state index < -0.39 is 55.2 Å². The Labute approximate surface area is 258 Å². The van der Waals surface area contributed by atoms with E-state index >= 15 is 0 Å². The van der Waals surface area contributed by atoms with Crippen molar-refractivity contribution in [2.24, 2.45) is 0 Å². The van der Waals surface area contributed by atoms with E-state index in [1.54, 1.807) is 12.1 Å². The summed E-state index contributed by atoms with van der Waals surface area (Å²) in [6.07, 6.45) is -6.14. The lowest BCUT2D eigenvalue weighted by Crippen LogP contribution is -2.62. The third-order valence-corrected chi connectivity index (χ3v) is 7.72. The van der Waals surface area contributed by atoms with Gasteiger partial charge in [0.05, 0.1) is 6.61 Å². The summed E-state index contributed by atoms with van der Waals surface area (Å²) < 4.78 is 29.0. The van der Waals surface area contributed by atoms with Crippen molar-refractivity contribution < 1.29 is 43.2 Å². The minimum Gasteiger partial charge on any atom is -0.455 e. The summed E-state index contributed by atoms with van der Waals surface area (Å²) in [5, 5.41) is 11.8. The maximum atomic E-state index is 13.5. The molecule has 0 radical (unpaired) electrons. The van der Waals surface area contributed by atoms with Crippen molar-refractivity contribution in [2.75, 3.05) is 13.7 Å². The number of aryl methyl sites for hydroxylation is 1. The van der Waals surface area contributed by atoms with Crippen molar-refractivity contribution in [3.63, 3.8) is 0 Å². The number of para-hydroxylation sites is 2. The van der Waals surface area contributed by atoms with Crippen LogP contribution in [0.25, 0.3) is 21.8 Å². The maximum Gasteiger partial charge on any atom is 0.355 e. The summed E-state index contributed by atoms with van der Waals surface area (Å²) in [4.78, 5) is 46.1. The van der Waals surface area contributed by atoms with Gasteiger partial charge in [0.15, 0.2) is 24.6 Å². The van der Waals surface area contributed by atoms with Crippen LogP contribution in [0.3, 0.4) is 0 Å². The minimum absolute atomic E-state index is 0.00850. The average Bonchev–Trinajstić information content (AvgIpc) is 3.71. The van der Waals surface area contributed by atoms with Gasteiger partial charge in [-0.25, -0.2) is 9.59 Å². The molecule has 6 rings (SSSR count). The highest BCUT2D eigenvalue weighted by atomic mass is 16.7. The zero-order valence-electron chi connectivity index (χ0n) is 24.4. The first-order valence-electron chi connectivity index (χ1n) is 14.5. The number of esters is 3. The van der Waals surface area contributed by atoms with E-state index in [2.05, 4.69) is 9.97 Å².